The maximum Gasteiger partial charge on any atom is 0.418 e. The van der Waals surface area contributed by atoms with Gasteiger partial charge in [0, 0.05) is 5.38 Å². The van der Waals surface area contributed by atoms with E-state index in [-0.39, 0.29) is 0 Å². The zero-order valence-electron chi connectivity index (χ0n) is 7.71. The van der Waals surface area contributed by atoms with Crippen molar-refractivity contribution in [1.29, 1.82) is 0 Å². The fourth-order valence-corrected chi connectivity index (χ4v) is 1.47. The van der Waals surface area contributed by atoms with E-state index in [0.717, 1.165) is 0 Å². The van der Waals surface area contributed by atoms with Gasteiger partial charge in [-0.1, -0.05) is 18.2 Å². The van der Waals surface area contributed by atoms with Crippen molar-refractivity contribution in [2.45, 2.75) is 0 Å². The van der Waals surface area contributed by atoms with Gasteiger partial charge in [0.1, 0.15) is 11.6 Å². The number of hydrogen-bond acceptors (Lipinski definition) is 4. The summed E-state index contributed by atoms with van der Waals surface area (Å²) in [7, 11) is 0. The summed E-state index contributed by atoms with van der Waals surface area (Å²) in [6, 6.07) is 10.6. The molecule has 1 heterocycles. The highest BCUT2D eigenvalue weighted by atomic mass is 32.1. The number of amides is 1. The zero-order valence-corrected chi connectivity index (χ0v) is 8.53. The lowest BCUT2D eigenvalue weighted by Gasteiger charge is -2.03. The summed E-state index contributed by atoms with van der Waals surface area (Å²) in [5, 5.41) is 4.28. The van der Waals surface area contributed by atoms with Crippen molar-refractivity contribution >= 4 is 23.4 Å². The standard InChI is InChI=1S/C10H8N2O2S/c13-10(11-9-6-7-15-12-9)14-8-4-2-1-3-5-8/h1-7H,(H,11,12,13). The van der Waals surface area contributed by atoms with Crippen LogP contribution < -0.4 is 10.1 Å². The molecule has 0 aliphatic heterocycles. The SMILES string of the molecule is O=C(Nc1ccsn1)Oc1ccccc1. The van der Waals surface area contributed by atoms with Gasteiger partial charge < -0.3 is 4.74 Å². The van der Waals surface area contributed by atoms with E-state index >= 15 is 0 Å². The number of aromatic nitrogens is 1. The van der Waals surface area contributed by atoms with Crippen LogP contribution in [0.3, 0.4) is 0 Å². The van der Waals surface area contributed by atoms with Crippen LogP contribution in [0, 0.1) is 0 Å². The zero-order chi connectivity index (χ0) is 10.5. The van der Waals surface area contributed by atoms with Crippen LogP contribution in [0.5, 0.6) is 5.75 Å². The highest BCUT2D eigenvalue weighted by molar-refractivity contribution is 7.03. The Morgan fingerprint density at radius 2 is 2.07 bits per heavy atom. The van der Waals surface area contributed by atoms with E-state index in [0.29, 0.717) is 11.6 Å². The topological polar surface area (TPSA) is 51.2 Å². The number of hydrogen-bond donors (Lipinski definition) is 1. The van der Waals surface area contributed by atoms with Crippen LogP contribution in [0.4, 0.5) is 10.6 Å². The Morgan fingerprint density at radius 3 is 2.73 bits per heavy atom. The Hall–Kier alpha value is -1.88. The fourth-order valence-electron chi connectivity index (χ4n) is 1.00. The molecule has 0 atom stereocenters. The Labute approximate surface area is 90.7 Å². The van der Waals surface area contributed by atoms with E-state index in [1.165, 1.54) is 11.5 Å². The van der Waals surface area contributed by atoms with Gasteiger partial charge in [0.05, 0.1) is 0 Å². The molecule has 1 amide bonds. The maximum atomic E-state index is 11.3. The molecule has 0 radical (unpaired) electrons. The van der Waals surface area contributed by atoms with Crippen LogP contribution in [0.1, 0.15) is 0 Å². The van der Waals surface area contributed by atoms with Crippen molar-refractivity contribution in [2.24, 2.45) is 0 Å². The summed E-state index contributed by atoms with van der Waals surface area (Å²) in [5.41, 5.74) is 0. The lowest BCUT2D eigenvalue weighted by atomic mass is 10.3. The molecule has 2 aromatic rings. The number of anilines is 1. The van der Waals surface area contributed by atoms with Crippen LogP contribution >= 0.6 is 11.5 Å². The molecule has 0 aliphatic carbocycles. The summed E-state index contributed by atoms with van der Waals surface area (Å²) in [6.45, 7) is 0. The monoisotopic (exact) mass is 220 g/mol. The van der Waals surface area contributed by atoms with Gasteiger partial charge in [0.15, 0.2) is 0 Å². The molecule has 0 saturated carbocycles. The summed E-state index contributed by atoms with van der Waals surface area (Å²) in [6.07, 6.45) is -0.535. The average molecular weight is 220 g/mol. The van der Waals surface area contributed by atoms with Crippen molar-refractivity contribution in [3.8, 4) is 5.75 Å². The Balaban J connectivity index is 1.94. The van der Waals surface area contributed by atoms with Crippen LogP contribution in [-0.2, 0) is 0 Å². The molecule has 0 saturated heterocycles. The van der Waals surface area contributed by atoms with Crippen molar-refractivity contribution in [3.63, 3.8) is 0 Å². The minimum Gasteiger partial charge on any atom is -0.410 e. The molecular weight excluding hydrogens is 212 g/mol. The Morgan fingerprint density at radius 1 is 1.27 bits per heavy atom. The first-order valence-electron chi connectivity index (χ1n) is 4.29. The maximum absolute atomic E-state index is 11.3. The van der Waals surface area contributed by atoms with E-state index < -0.39 is 6.09 Å². The number of nitrogens with zero attached hydrogens (tertiary/aromatic N) is 1. The largest absolute Gasteiger partial charge is 0.418 e. The Kier molecular flexibility index (Phi) is 2.94. The minimum absolute atomic E-state index is 0.501. The first-order valence-corrected chi connectivity index (χ1v) is 5.12. The molecular formula is C10H8N2O2S. The molecule has 15 heavy (non-hydrogen) atoms. The lowest BCUT2D eigenvalue weighted by molar-refractivity contribution is 0.215. The van der Waals surface area contributed by atoms with E-state index in [9.17, 15) is 4.79 Å². The minimum atomic E-state index is -0.535. The molecule has 1 N–H and O–H groups in total. The number of para-hydroxylation sites is 1. The van der Waals surface area contributed by atoms with Crippen LogP contribution in [0.15, 0.2) is 41.8 Å². The summed E-state index contributed by atoms with van der Waals surface area (Å²) < 4.78 is 8.93. The van der Waals surface area contributed by atoms with Gasteiger partial charge in [-0.05, 0) is 29.7 Å². The number of carbonyl (C=O) groups is 1. The molecule has 0 unspecified atom stereocenters. The molecule has 2 rings (SSSR count). The van der Waals surface area contributed by atoms with Gasteiger partial charge >= 0.3 is 6.09 Å². The van der Waals surface area contributed by atoms with Crippen molar-refractivity contribution in [1.82, 2.24) is 4.37 Å². The van der Waals surface area contributed by atoms with Gasteiger partial charge in [-0.15, -0.1) is 0 Å². The van der Waals surface area contributed by atoms with Crippen molar-refractivity contribution < 1.29 is 9.53 Å². The average Bonchev–Trinajstić information content (AvgIpc) is 2.71. The predicted octanol–water partition coefficient (Wildman–Crippen LogP) is 2.75. The molecule has 0 aliphatic rings. The second-order valence-electron chi connectivity index (χ2n) is 2.71. The molecule has 76 valence electrons. The van der Waals surface area contributed by atoms with Crippen LogP contribution in [-0.4, -0.2) is 10.5 Å². The van der Waals surface area contributed by atoms with Crippen LogP contribution in [0.2, 0.25) is 0 Å². The third-order valence-corrected chi connectivity index (χ3v) is 2.18. The van der Waals surface area contributed by atoms with E-state index in [4.69, 9.17) is 4.74 Å². The normalized spacial score (nSPS) is 9.60. The molecule has 0 fully saturated rings. The third kappa shape index (κ3) is 2.78. The highest BCUT2D eigenvalue weighted by Gasteiger charge is 2.05. The van der Waals surface area contributed by atoms with Crippen molar-refractivity contribution in [3.05, 3.63) is 41.8 Å². The number of benzene rings is 1. The number of rotatable bonds is 2. The molecule has 5 heteroatoms. The number of carbonyl (C=O) groups excluding carboxylic acids is 1. The van der Waals surface area contributed by atoms with Crippen molar-refractivity contribution in [2.75, 3.05) is 5.32 Å². The van der Waals surface area contributed by atoms with E-state index in [1.54, 1.807) is 35.7 Å². The Bertz CT molecular complexity index is 428. The summed E-state index contributed by atoms with van der Waals surface area (Å²) in [5.74, 6) is 1.01. The van der Waals surface area contributed by atoms with Crippen LogP contribution in [0.25, 0.3) is 0 Å². The molecule has 1 aromatic heterocycles. The molecule has 0 spiro atoms. The first kappa shape index (κ1) is 9.67. The fraction of sp³-hybridized carbons (Fsp3) is 0. The summed E-state index contributed by atoms with van der Waals surface area (Å²) >= 11 is 1.27. The second-order valence-corrected chi connectivity index (χ2v) is 3.38. The predicted molar refractivity (Wildman–Crippen MR) is 58.2 cm³/mol. The number of ether oxygens (including phenoxy) is 1. The third-order valence-electron chi connectivity index (χ3n) is 1.62. The van der Waals surface area contributed by atoms with E-state index in [1.807, 2.05) is 6.07 Å². The van der Waals surface area contributed by atoms with E-state index in [2.05, 4.69) is 9.69 Å². The smallest absolute Gasteiger partial charge is 0.410 e. The van der Waals surface area contributed by atoms with Gasteiger partial charge in [-0.25, -0.2) is 4.79 Å². The number of nitrogens with one attached hydrogen (secondary N) is 1. The first-order chi connectivity index (χ1) is 7.34. The molecule has 4 nitrogen and oxygen atoms in total. The van der Waals surface area contributed by atoms with Gasteiger partial charge in [-0.2, -0.15) is 4.37 Å². The molecule has 0 bridgehead atoms. The highest BCUT2D eigenvalue weighted by Crippen LogP contribution is 2.10. The molecule has 1 aromatic carbocycles. The summed E-state index contributed by atoms with van der Waals surface area (Å²) in [4.78, 5) is 11.3. The second kappa shape index (κ2) is 4.56. The van der Waals surface area contributed by atoms with Gasteiger partial charge in [0.2, 0.25) is 0 Å². The van der Waals surface area contributed by atoms with Gasteiger partial charge in [0.25, 0.3) is 0 Å². The lowest BCUT2D eigenvalue weighted by Crippen LogP contribution is -2.16. The van der Waals surface area contributed by atoms with Gasteiger partial charge in [-0.3, -0.25) is 5.32 Å². The quantitative estimate of drug-likeness (QED) is 0.846.